The molecule has 0 saturated heterocycles. The summed E-state index contributed by atoms with van der Waals surface area (Å²) in [5.41, 5.74) is 0. The van der Waals surface area contributed by atoms with Gasteiger partial charge >= 0.3 is 18.1 Å². The highest BCUT2D eigenvalue weighted by molar-refractivity contribution is 5.62. The van der Waals surface area contributed by atoms with E-state index in [2.05, 4.69) is 0 Å². The van der Waals surface area contributed by atoms with Crippen molar-refractivity contribution in [2.75, 3.05) is 14.1 Å². The zero-order valence-electron chi connectivity index (χ0n) is 14.1. The summed E-state index contributed by atoms with van der Waals surface area (Å²) >= 11 is 0. The third kappa shape index (κ3) is 11.2. The molecule has 0 saturated carbocycles. The topological polar surface area (TPSA) is 40.5 Å². The van der Waals surface area contributed by atoms with Crippen molar-refractivity contribution in [1.29, 1.82) is 0 Å². The maximum Gasteiger partial charge on any atom is 0.389 e. The van der Waals surface area contributed by atoms with Gasteiger partial charge in [0, 0.05) is 13.3 Å². The smallest absolute Gasteiger partial charge is 0.389 e. The molecule has 0 radical (unpaired) electrons. The van der Waals surface area contributed by atoms with Gasteiger partial charge in [-0.25, -0.2) is 9.29 Å². The zero-order valence-corrected chi connectivity index (χ0v) is 14.1. The van der Waals surface area contributed by atoms with E-state index >= 15 is 0 Å². The lowest BCUT2D eigenvalue weighted by molar-refractivity contribution is -0.296. The summed E-state index contributed by atoms with van der Waals surface area (Å²) in [6.07, 6.45) is -9.34. The monoisotopic (exact) mass is 389 g/mol. The Labute approximate surface area is 141 Å². The van der Waals surface area contributed by atoms with E-state index in [1.165, 1.54) is 0 Å². The Morgan fingerprint density at radius 1 is 0.960 bits per heavy atom. The highest BCUT2D eigenvalue weighted by Crippen LogP contribution is 2.41. The van der Waals surface area contributed by atoms with Crippen molar-refractivity contribution in [1.82, 2.24) is 4.90 Å². The van der Waals surface area contributed by atoms with Crippen LogP contribution < -0.4 is 0 Å². The van der Waals surface area contributed by atoms with E-state index in [9.17, 15) is 35.1 Å². The molecule has 0 spiro atoms. The van der Waals surface area contributed by atoms with Gasteiger partial charge in [0.1, 0.15) is 0 Å². The number of carbonyl (C=O) groups is 1. The Morgan fingerprint density at radius 3 is 1.72 bits per heavy atom. The summed E-state index contributed by atoms with van der Waals surface area (Å²) < 4.78 is 102. The van der Waals surface area contributed by atoms with Crippen molar-refractivity contribution in [3.63, 3.8) is 0 Å². The Kier molecular flexibility index (Phi) is 11.2. The van der Waals surface area contributed by atoms with Gasteiger partial charge in [0.25, 0.3) is 5.97 Å². The van der Waals surface area contributed by atoms with Crippen molar-refractivity contribution < 1.29 is 45.0 Å². The number of nitrogens with zero attached hydrogens (tertiary/aromatic N) is 1. The minimum absolute atomic E-state index is 0.0666. The summed E-state index contributed by atoms with van der Waals surface area (Å²) in [6.45, 7) is 1.08. The van der Waals surface area contributed by atoms with Crippen LogP contribution in [0.1, 0.15) is 45.4 Å². The quantitative estimate of drug-likeness (QED) is 0.339. The second-order valence-corrected chi connectivity index (χ2v) is 5.61. The summed E-state index contributed by atoms with van der Waals surface area (Å²) in [4.78, 5) is 8.93. The van der Waals surface area contributed by atoms with E-state index in [1.807, 2.05) is 0 Å². The van der Waals surface area contributed by atoms with Crippen LogP contribution in [-0.4, -0.2) is 54.4 Å². The highest BCUT2D eigenvalue weighted by Gasteiger charge is 2.63. The molecule has 0 aromatic carbocycles. The second kappa shape index (κ2) is 10.8. The molecule has 0 aromatic rings. The van der Waals surface area contributed by atoms with Gasteiger partial charge in [-0.3, -0.25) is 4.79 Å². The molecule has 0 heterocycles. The van der Waals surface area contributed by atoms with Crippen LogP contribution >= 0.6 is 0 Å². The number of halogens is 8. The molecule has 0 aromatic heterocycles. The van der Waals surface area contributed by atoms with Crippen LogP contribution in [0.15, 0.2) is 0 Å². The zero-order chi connectivity index (χ0) is 20.5. The van der Waals surface area contributed by atoms with Crippen LogP contribution in [-0.2, 0) is 4.79 Å². The maximum absolute atomic E-state index is 13.3. The van der Waals surface area contributed by atoms with E-state index < -0.39 is 43.1 Å². The number of hydrogen-bond donors (Lipinski definition) is 1. The minimum Gasteiger partial charge on any atom is -0.481 e. The van der Waals surface area contributed by atoms with E-state index in [0.717, 1.165) is 6.92 Å². The van der Waals surface area contributed by atoms with Crippen molar-refractivity contribution in [2.24, 2.45) is 0 Å². The molecule has 1 unspecified atom stereocenters. The molecule has 25 heavy (non-hydrogen) atoms. The number of alkyl halides is 8. The van der Waals surface area contributed by atoms with E-state index in [4.69, 9.17) is 9.90 Å². The first-order valence-electron chi connectivity index (χ1n) is 7.39. The average molecular weight is 389 g/mol. The Balaban J connectivity index is 0. The lowest BCUT2D eigenvalue weighted by Gasteiger charge is -2.33. The molecule has 152 valence electrons. The second-order valence-electron chi connectivity index (χ2n) is 5.61. The molecular weight excluding hydrogens is 366 g/mol. The number of unbranched alkanes of at least 4 members (excludes halogenated alkanes) is 3. The van der Waals surface area contributed by atoms with Crippen LogP contribution in [0.5, 0.6) is 0 Å². The van der Waals surface area contributed by atoms with Crippen LogP contribution in [0.2, 0.25) is 0 Å². The van der Waals surface area contributed by atoms with E-state index in [1.54, 1.807) is 0 Å². The Bertz CT molecular complexity index is 382. The normalized spacial score (nSPS) is 14.1. The van der Waals surface area contributed by atoms with Crippen molar-refractivity contribution in [2.45, 2.75) is 69.8 Å². The van der Waals surface area contributed by atoms with Gasteiger partial charge in [0.15, 0.2) is 6.17 Å². The van der Waals surface area contributed by atoms with Gasteiger partial charge in [-0.2, -0.15) is 30.7 Å². The van der Waals surface area contributed by atoms with Crippen LogP contribution in [0.4, 0.5) is 35.1 Å². The molecular formula is C14H23F8NO2. The fourth-order valence-electron chi connectivity index (χ4n) is 1.67. The first kappa shape index (κ1) is 26.1. The number of carboxylic acids is 1. The number of aliphatic carboxylic acids is 1. The predicted molar refractivity (Wildman–Crippen MR) is 75.5 cm³/mol. The molecule has 11 heteroatoms. The van der Waals surface area contributed by atoms with Gasteiger partial charge in [0.2, 0.25) is 0 Å². The van der Waals surface area contributed by atoms with Crippen LogP contribution in [0, 0.1) is 0 Å². The van der Waals surface area contributed by atoms with Crippen LogP contribution in [0.25, 0.3) is 0 Å². The standard InChI is InChI=1S/C12H19F8N.C2H4O2/c1-21(2)12(19,20)11(17,18)9(13)7-5-3-4-6-8-10(14,15)16;1-2(3)4/h9H,3-8H2,1-2H3;1H3,(H,3,4). The fraction of sp³-hybridized carbons (Fsp3) is 0.929. The fourth-order valence-corrected chi connectivity index (χ4v) is 1.67. The number of rotatable bonds is 9. The summed E-state index contributed by atoms with van der Waals surface area (Å²) in [7, 11) is 1.41. The van der Waals surface area contributed by atoms with E-state index in [-0.39, 0.29) is 30.6 Å². The Hall–Kier alpha value is -1.13. The van der Waals surface area contributed by atoms with Crippen molar-refractivity contribution in [3.05, 3.63) is 0 Å². The molecule has 0 aliphatic carbocycles. The highest BCUT2D eigenvalue weighted by atomic mass is 19.4. The lowest BCUT2D eigenvalue weighted by atomic mass is 10.0. The number of carboxylic acid groups (broad SMARTS) is 1. The largest absolute Gasteiger partial charge is 0.481 e. The Morgan fingerprint density at radius 2 is 1.36 bits per heavy atom. The van der Waals surface area contributed by atoms with E-state index in [0.29, 0.717) is 14.1 Å². The molecule has 0 fully saturated rings. The third-order valence-corrected chi connectivity index (χ3v) is 3.02. The summed E-state index contributed by atoms with van der Waals surface area (Å²) in [6, 6.07) is -4.62. The predicted octanol–water partition coefficient (Wildman–Crippen LogP) is 5.11. The summed E-state index contributed by atoms with van der Waals surface area (Å²) in [5, 5.41) is 7.42. The molecule has 1 N–H and O–H groups in total. The van der Waals surface area contributed by atoms with Crippen molar-refractivity contribution >= 4 is 5.97 Å². The van der Waals surface area contributed by atoms with Gasteiger partial charge in [-0.1, -0.05) is 19.3 Å². The van der Waals surface area contributed by atoms with Gasteiger partial charge in [-0.05, 0) is 26.9 Å². The van der Waals surface area contributed by atoms with Gasteiger partial charge in [-0.15, -0.1) is 0 Å². The number of hydrogen-bond acceptors (Lipinski definition) is 2. The first-order chi connectivity index (χ1) is 11.1. The molecule has 0 aliphatic rings. The molecule has 0 rings (SSSR count). The lowest BCUT2D eigenvalue weighted by Crippen LogP contribution is -2.55. The average Bonchev–Trinajstić information content (AvgIpc) is 2.39. The molecule has 0 bridgehead atoms. The van der Waals surface area contributed by atoms with Crippen molar-refractivity contribution in [3.8, 4) is 0 Å². The summed E-state index contributed by atoms with van der Waals surface area (Å²) in [5.74, 6) is -5.68. The minimum atomic E-state index is -4.84. The molecule has 0 amide bonds. The van der Waals surface area contributed by atoms with Gasteiger partial charge in [0.05, 0.1) is 0 Å². The molecule has 1 atom stereocenters. The molecule has 3 nitrogen and oxygen atoms in total. The third-order valence-electron chi connectivity index (χ3n) is 3.02. The SMILES string of the molecule is CC(=O)O.CN(C)C(F)(F)C(F)(F)C(F)CCCCCCC(F)(F)F. The first-order valence-corrected chi connectivity index (χ1v) is 7.39. The van der Waals surface area contributed by atoms with Gasteiger partial charge < -0.3 is 5.11 Å². The molecule has 0 aliphatic heterocycles. The van der Waals surface area contributed by atoms with Crippen LogP contribution in [0.3, 0.4) is 0 Å². The maximum atomic E-state index is 13.3.